The average molecular weight is 411 g/mol. The molecule has 0 radical (unpaired) electrons. The number of aryl methyl sites for hydroxylation is 1. The summed E-state index contributed by atoms with van der Waals surface area (Å²) in [5, 5.41) is 3.30. The first kappa shape index (κ1) is 19.2. The Balaban J connectivity index is 1.73. The highest BCUT2D eigenvalue weighted by Crippen LogP contribution is 2.42. The van der Waals surface area contributed by atoms with Gasteiger partial charge in [-0.1, -0.05) is 60.2 Å². The zero-order valence-corrected chi connectivity index (χ0v) is 17.2. The summed E-state index contributed by atoms with van der Waals surface area (Å²) in [6, 6.07) is 23.7. The maximum absolute atomic E-state index is 14.3. The van der Waals surface area contributed by atoms with Crippen molar-refractivity contribution in [2.24, 2.45) is 4.99 Å². The molecule has 1 amide bonds. The molecule has 1 N–H and O–H groups in total. The molecule has 0 aliphatic carbocycles. The van der Waals surface area contributed by atoms with E-state index in [4.69, 9.17) is 4.99 Å². The fraction of sp³-hybridized carbons (Fsp3) is 0.154. The van der Waals surface area contributed by atoms with Crippen molar-refractivity contribution in [2.45, 2.75) is 13.0 Å². The monoisotopic (exact) mass is 411 g/mol. The number of amides is 1. The number of nitrogens with zero attached hydrogens (tertiary/aromatic N) is 2. The van der Waals surface area contributed by atoms with Crippen molar-refractivity contribution in [2.75, 3.05) is 18.0 Å². The van der Waals surface area contributed by atoms with Gasteiger partial charge in [-0.15, -0.1) is 0 Å². The van der Waals surface area contributed by atoms with Crippen LogP contribution in [0.4, 0.5) is 10.1 Å². The van der Waals surface area contributed by atoms with Crippen molar-refractivity contribution in [3.05, 3.63) is 113 Å². The molecule has 0 spiro atoms. The van der Waals surface area contributed by atoms with Crippen molar-refractivity contribution in [1.82, 2.24) is 5.32 Å². The standard InChI is InChI=1S/C26H22FN3O/c1-17-10-12-18(13-11-17)23-22-24(29-15-14-28-23)26(31)30(21-8-3-2-4-9-21)25(22)19-6-5-7-20(27)16-19/h2-13,16,25,29H,14-15H2,1H3. The maximum Gasteiger partial charge on any atom is 0.275 e. The molecule has 4 nitrogen and oxygen atoms in total. The minimum atomic E-state index is -0.480. The van der Waals surface area contributed by atoms with E-state index < -0.39 is 6.04 Å². The Morgan fingerprint density at radius 3 is 2.52 bits per heavy atom. The van der Waals surface area contributed by atoms with E-state index in [1.807, 2.05) is 67.6 Å². The minimum absolute atomic E-state index is 0.128. The number of hydrogen-bond donors (Lipinski definition) is 1. The van der Waals surface area contributed by atoms with Gasteiger partial charge < -0.3 is 5.32 Å². The van der Waals surface area contributed by atoms with Gasteiger partial charge in [0.15, 0.2) is 0 Å². The number of aliphatic imine (C=N–C) groups is 1. The van der Waals surface area contributed by atoms with Crippen molar-refractivity contribution in [1.29, 1.82) is 0 Å². The summed E-state index contributed by atoms with van der Waals surface area (Å²) in [6.07, 6.45) is 0. The third kappa shape index (κ3) is 3.42. The van der Waals surface area contributed by atoms with Gasteiger partial charge in [-0.3, -0.25) is 14.7 Å². The maximum atomic E-state index is 14.3. The van der Waals surface area contributed by atoms with Crippen molar-refractivity contribution in [3.8, 4) is 0 Å². The van der Waals surface area contributed by atoms with Crippen LogP contribution in [0, 0.1) is 12.7 Å². The number of para-hydroxylation sites is 1. The Morgan fingerprint density at radius 2 is 1.77 bits per heavy atom. The van der Waals surface area contributed by atoms with Gasteiger partial charge in [0, 0.05) is 23.4 Å². The zero-order chi connectivity index (χ0) is 21.4. The van der Waals surface area contributed by atoms with Gasteiger partial charge in [0.25, 0.3) is 5.91 Å². The molecule has 1 unspecified atom stereocenters. The lowest BCUT2D eigenvalue weighted by molar-refractivity contribution is -0.115. The summed E-state index contributed by atoms with van der Waals surface area (Å²) < 4.78 is 14.3. The molecule has 3 aromatic carbocycles. The lowest BCUT2D eigenvalue weighted by Crippen LogP contribution is -2.33. The number of carbonyl (C=O) groups excluding carboxylic acids is 1. The van der Waals surface area contributed by atoms with Crippen LogP contribution in [0.5, 0.6) is 0 Å². The fourth-order valence-corrected chi connectivity index (χ4v) is 4.28. The molecule has 5 heteroatoms. The summed E-state index contributed by atoms with van der Waals surface area (Å²) in [6.45, 7) is 3.17. The molecule has 2 aliphatic rings. The SMILES string of the molecule is Cc1ccc(C2=NCCNC3=C2C(c2cccc(F)c2)N(c2ccccc2)C3=O)cc1. The second-order valence-electron chi connectivity index (χ2n) is 7.78. The number of benzene rings is 3. The molecule has 31 heavy (non-hydrogen) atoms. The van der Waals surface area contributed by atoms with Crippen LogP contribution in [0.2, 0.25) is 0 Å². The quantitative estimate of drug-likeness (QED) is 0.686. The molecule has 0 aromatic heterocycles. The third-order valence-corrected chi connectivity index (χ3v) is 5.70. The molecule has 154 valence electrons. The second-order valence-corrected chi connectivity index (χ2v) is 7.78. The summed E-state index contributed by atoms with van der Waals surface area (Å²) in [4.78, 5) is 20.2. The molecule has 5 rings (SSSR count). The number of hydrogen-bond acceptors (Lipinski definition) is 3. The van der Waals surface area contributed by atoms with E-state index in [0.717, 1.165) is 28.1 Å². The van der Waals surface area contributed by atoms with Gasteiger partial charge >= 0.3 is 0 Å². The predicted molar refractivity (Wildman–Crippen MR) is 121 cm³/mol. The van der Waals surface area contributed by atoms with Crippen LogP contribution >= 0.6 is 0 Å². The van der Waals surface area contributed by atoms with E-state index in [2.05, 4.69) is 5.32 Å². The van der Waals surface area contributed by atoms with E-state index in [1.165, 1.54) is 12.1 Å². The van der Waals surface area contributed by atoms with Gasteiger partial charge in [-0.25, -0.2) is 4.39 Å². The fourth-order valence-electron chi connectivity index (χ4n) is 4.28. The Morgan fingerprint density at radius 1 is 1.00 bits per heavy atom. The van der Waals surface area contributed by atoms with Crippen LogP contribution in [-0.4, -0.2) is 24.7 Å². The molecule has 1 atom stereocenters. The van der Waals surface area contributed by atoms with Gasteiger partial charge in [0.05, 0.1) is 18.3 Å². The molecular weight excluding hydrogens is 389 g/mol. The largest absolute Gasteiger partial charge is 0.378 e. The van der Waals surface area contributed by atoms with E-state index in [1.54, 1.807) is 11.0 Å². The van der Waals surface area contributed by atoms with Gasteiger partial charge in [-0.05, 0) is 36.8 Å². The van der Waals surface area contributed by atoms with Crippen LogP contribution in [0.3, 0.4) is 0 Å². The van der Waals surface area contributed by atoms with Crippen LogP contribution in [0.15, 0.2) is 95.1 Å². The topological polar surface area (TPSA) is 44.7 Å². The lowest BCUT2D eigenvalue weighted by atomic mass is 9.91. The highest BCUT2D eigenvalue weighted by Gasteiger charge is 2.44. The van der Waals surface area contributed by atoms with Crippen LogP contribution in [-0.2, 0) is 4.79 Å². The highest BCUT2D eigenvalue weighted by molar-refractivity contribution is 6.23. The van der Waals surface area contributed by atoms with E-state index in [9.17, 15) is 9.18 Å². The van der Waals surface area contributed by atoms with E-state index in [-0.39, 0.29) is 11.7 Å². The van der Waals surface area contributed by atoms with Crippen LogP contribution < -0.4 is 10.2 Å². The summed E-state index contributed by atoms with van der Waals surface area (Å²) in [5.41, 5.74) is 5.69. The number of carbonyl (C=O) groups is 1. The Labute approximate surface area is 180 Å². The number of rotatable bonds is 3. The zero-order valence-electron chi connectivity index (χ0n) is 17.2. The van der Waals surface area contributed by atoms with Gasteiger partial charge in [0.1, 0.15) is 11.5 Å². The normalized spacial score (nSPS) is 18.4. The smallest absolute Gasteiger partial charge is 0.275 e. The molecule has 3 aromatic rings. The van der Waals surface area contributed by atoms with Gasteiger partial charge in [0.2, 0.25) is 0 Å². The van der Waals surface area contributed by atoms with Crippen LogP contribution in [0.1, 0.15) is 22.7 Å². The minimum Gasteiger partial charge on any atom is -0.378 e. The Hall–Kier alpha value is -3.73. The first-order valence-corrected chi connectivity index (χ1v) is 10.4. The Bertz CT molecular complexity index is 1200. The van der Waals surface area contributed by atoms with E-state index >= 15 is 0 Å². The van der Waals surface area contributed by atoms with Crippen molar-refractivity contribution < 1.29 is 9.18 Å². The first-order valence-electron chi connectivity index (χ1n) is 10.4. The molecule has 0 fully saturated rings. The van der Waals surface area contributed by atoms with Crippen LogP contribution in [0.25, 0.3) is 0 Å². The summed E-state index contributed by atoms with van der Waals surface area (Å²) >= 11 is 0. The van der Waals surface area contributed by atoms with Crippen molar-refractivity contribution in [3.63, 3.8) is 0 Å². The molecule has 0 bridgehead atoms. The molecule has 2 heterocycles. The first-order chi connectivity index (χ1) is 15.1. The molecule has 2 aliphatic heterocycles. The Kier molecular flexibility index (Phi) is 4.86. The number of nitrogens with one attached hydrogen (secondary N) is 1. The van der Waals surface area contributed by atoms with E-state index in [0.29, 0.717) is 24.4 Å². The lowest BCUT2D eigenvalue weighted by Gasteiger charge is -2.28. The highest BCUT2D eigenvalue weighted by atomic mass is 19.1. The third-order valence-electron chi connectivity index (χ3n) is 5.70. The molecular formula is C26H22FN3O. The molecule has 0 saturated carbocycles. The average Bonchev–Trinajstić information content (AvgIpc) is 2.93. The number of halogens is 1. The second kappa shape index (κ2) is 7.84. The summed E-state index contributed by atoms with van der Waals surface area (Å²) in [7, 11) is 0. The summed E-state index contributed by atoms with van der Waals surface area (Å²) in [5.74, 6) is -0.459. The molecule has 0 saturated heterocycles. The van der Waals surface area contributed by atoms with Gasteiger partial charge in [-0.2, -0.15) is 0 Å². The predicted octanol–water partition coefficient (Wildman–Crippen LogP) is 4.57. The number of anilines is 1. The van der Waals surface area contributed by atoms with Crippen molar-refractivity contribution >= 4 is 17.3 Å².